The van der Waals surface area contributed by atoms with Gasteiger partial charge in [-0.05, 0) is 56.8 Å². The van der Waals surface area contributed by atoms with Gasteiger partial charge in [0.05, 0.1) is 6.42 Å². The van der Waals surface area contributed by atoms with E-state index in [1.54, 1.807) is 0 Å². The maximum atomic E-state index is 12.7. The number of amides is 1. The van der Waals surface area contributed by atoms with Crippen molar-refractivity contribution in [1.82, 2.24) is 5.32 Å². The lowest BCUT2D eigenvalue weighted by atomic mass is 9.58. The van der Waals surface area contributed by atoms with Gasteiger partial charge in [0.1, 0.15) is 0 Å². The molecule has 4 aliphatic heterocycles. The van der Waals surface area contributed by atoms with Crippen LogP contribution in [0.25, 0.3) is 0 Å². The molecule has 4 saturated heterocycles. The molecule has 6 aliphatic rings. The van der Waals surface area contributed by atoms with Crippen LogP contribution >= 0.6 is 0 Å². The fourth-order valence-corrected chi connectivity index (χ4v) is 7.15. The molecule has 192 valence electrons. The van der Waals surface area contributed by atoms with E-state index in [1.807, 2.05) is 6.92 Å². The lowest BCUT2D eigenvalue weighted by Gasteiger charge is -2.59. The summed E-state index contributed by atoms with van der Waals surface area (Å²) in [5.74, 6) is -0.00556. The van der Waals surface area contributed by atoms with E-state index in [-0.39, 0.29) is 36.5 Å². The summed E-state index contributed by atoms with van der Waals surface area (Å²) in [4.78, 5) is 36.9. The van der Waals surface area contributed by atoms with Crippen molar-refractivity contribution in [3.8, 4) is 0 Å². The summed E-state index contributed by atoms with van der Waals surface area (Å²) in [6.07, 6.45) is 8.70. The first-order valence-electron chi connectivity index (χ1n) is 13.5. The minimum Gasteiger partial charge on any atom is -0.435 e. The van der Waals surface area contributed by atoms with Crippen LogP contribution in [-0.4, -0.2) is 42.4 Å². The number of hydrogen-bond acceptors (Lipinski definition) is 7. The highest BCUT2D eigenvalue weighted by atomic mass is 17.3. The van der Waals surface area contributed by atoms with E-state index in [2.05, 4.69) is 19.2 Å². The average molecular weight is 480 g/mol. The van der Waals surface area contributed by atoms with Crippen molar-refractivity contribution in [2.45, 2.75) is 115 Å². The number of esters is 1. The molecular weight excluding hydrogens is 438 g/mol. The van der Waals surface area contributed by atoms with Gasteiger partial charge in [0.15, 0.2) is 11.9 Å². The Bertz CT molecular complexity index is 770. The molecule has 6 fully saturated rings. The van der Waals surface area contributed by atoms with Gasteiger partial charge in [0.25, 0.3) is 0 Å². The predicted octanol–water partition coefficient (Wildman–Crippen LogP) is 4.21. The lowest BCUT2D eigenvalue weighted by molar-refractivity contribution is -0.576. The van der Waals surface area contributed by atoms with Crippen LogP contribution in [0.5, 0.6) is 0 Å². The molecule has 6 rings (SSSR count). The Morgan fingerprint density at radius 3 is 2.56 bits per heavy atom. The number of hydrogen-bond donors (Lipinski definition) is 1. The Morgan fingerprint density at radius 1 is 0.971 bits per heavy atom. The molecule has 34 heavy (non-hydrogen) atoms. The Labute approximate surface area is 202 Å². The summed E-state index contributed by atoms with van der Waals surface area (Å²) in [6, 6.07) is 0. The van der Waals surface area contributed by atoms with Crippen molar-refractivity contribution < 1.29 is 33.6 Å². The molecule has 8 heteroatoms. The van der Waals surface area contributed by atoms with E-state index in [0.717, 1.165) is 25.7 Å². The molecule has 1 amide bonds. The Balaban J connectivity index is 1.18. The first-order valence-corrected chi connectivity index (χ1v) is 13.5. The minimum absolute atomic E-state index is 0.0431. The number of rotatable bonds is 6. The Hall–Kier alpha value is -1.22. The van der Waals surface area contributed by atoms with Crippen LogP contribution in [0.4, 0.5) is 0 Å². The number of ether oxygens (including phenoxy) is 3. The fraction of sp³-hybridized carbons (Fsp3) is 0.923. The van der Waals surface area contributed by atoms with Crippen LogP contribution < -0.4 is 5.32 Å². The normalized spacial score (nSPS) is 44.1. The Kier molecular flexibility index (Phi) is 6.97. The topological polar surface area (TPSA) is 92.3 Å². The van der Waals surface area contributed by atoms with Crippen molar-refractivity contribution in [3.05, 3.63) is 0 Å². The summed E-state index contributed by atoms with van der Waals surface area (Å²) in [6.45, 7) is 6.91. The van der Waals surface area contributed by atoms with Crippen LogP contribution in [0.15, 0.2) is 0 Å². The zero-order valence-electron chi connectivity index (χ0n) is 20.9. The van der Waals surface area contributed by atoms with E-state index in [9.17, 15) is 9.59 Å². The second-order valence-corrected chi connectivity index (χ2v) is 11.6. The minimum atomic E-state index is -0.858. The van der Waals surface area contributed by atoms with Crippen LogP contribution in [0.1, 0.15) is 91.4 Å². The fourth-order valence-electron chi connectivity index (χ4n) is 7.15. The zero-order chi connectivity index (χ0) is 23.9. The van der Waals surface area contributed by atoms with Crippen LogP contribution in [-0.2, 0) is 33.6 Å². The molecule has 0 unspecified atom stereocenters. The SMILES string of the molecule is C[C@H]1[C@H](OC(=O)CCC(=O)NCC2CCCCC2)O[C@@H]2O[C@]3(C)CC[C@H]4[C@H](C)CC[C@@H]1[C@]24OO3. The summed E-state index contributed by atoms with van der Waals surface area (Å²) in [5, 5.41) is 2.99. The van der Waals surface area contributed by atoms with Crippen molar-refractivity contribution in [3.63, 3.8) is 0 Å². The van der Waals surface area contributed by atoms with E-state index in [1.165, 1.54) is 32.1 Å². The van der Waals surface area contributed by atoms with Crippen LogP contribution in [0.2, 0.25) is 0 Å². The van der Waals surface area contributed by atoms with E-state index >= 15 is 0 Å². The molecule has 8 nitrogen and oxygen atoms in total. The monoisotopic (exact) mass is 479 g/mol. The smallest absolute Gasteiger partial charge is 0.308 e. The molecule has 4 heterocycles. The van der Waals surface area contributed by atoms with Gasteiger partial charge < -0.3 is 19.5 Å². The van der Waals surface area contributed by atoms with Gasteiger partial charge in [0.2, 0.25) is 18.0 Å². The molecule has 8 atom stereocenters. The molecule has 1 N–H and O–H groups in total. The van der Waals surface area contributed by atoms with Crippen LogP contribution in [0, 0.1) is 29.6 Å². The molecule has 0 radical (unpaired) electrons. The number of fused-ring (bicyclic) bond motifs is 2. The van der Waals surface area contributed by atoms with Gasteiger partial charge in [0, 0.05) is 31.2 Å². The summed E-state index contributed by atoms with van der Waals surface area (Å²) in [7, 11) is 0. The van der Waals surface area contributed by atoms with Crippen molar-refractivity contribution >= 4 is 11.9 Å². The maximum absolute atomic E-state index is 12.7. The molecule has 2 saturated carbocycles. The maximum Gasteiger partial charge on any atom is 0.308 e. The van der Waals surface area contributed by atoms with Gasteiger partial charge in [-0.15, -0.1) is 0 Å². The van der Waals surface area contributed by atoms with Crippen molar-refractivity contribution in [2.75, 3.05) is 6.54 Å². The average Bonchev–Trinajstić information content (AvgIpc) is 3.06. The molecule has 2 aliphatic carbocycles. The zero-order valence-corrected chi connectivity index (χ0v) is 20.9. The van der Waals surface area contributed by atoms with Gasteiger partial charge >= 0.3 is 5.97 Å². The Morgan fingerprint density at radius 2 is 1.76 bits per heavy atom. The molecule has 0 aromatic heterocycles. The first kappa shape index (κ1) is 24.5. The van der Waals surface area contributed by atoms with Crippen molar-refractivity contribution in [1.29, 1.82) is 0 Å². The summed E-state index contributed by atoms with van der Waals surface area (Å²) in [5.41, 5.74) is -0.672. The largest absolute Gasteiger partial charge is 0.435 e. The molecule has 0 aromatic carbocycles. The number of nitrogens with one attached hydrogen (secondary N) is 1. The van der Waals surface area contributed by atoms with Gasteiger partial charge in [-0.2, -0.15) is 0 Å². The van der Waals surface area contributed by atoms with Gasteiger partial charge in [-0.3, -0.25) is 9.59 Å². The van der Waals surface area contributed by atoms with Crippen molar-refractivity contribution in [2.24, 2.45) is 29.6 Å². The second kappa shape index (κ2) is 9.68. The van der Waals surface area contributed by atoms with Gasteiger partial charge in [-0.25, -0.2) is 9.78 Å². The van der Waals surface area contributed by atoms with E-state index in [0.29, 0.717) is 18.4 Å². The molecule has 0 aromatic rings. The quantitative estimate of drug-likeness (QED) is 0.450. The summed E-state index contributed by atoms with van der Waals surface area (Å²) >= 11 is 0. The highest BCUT2D eigenvalue weighted by Crippen LogP contribution is 2.60. The highest BCUT2D eigenvalue weighted by molar-refractivity contribution is 5.81. The third-order valence-electron chi connectivity index (χ3n) is 9.21. The molecule has 1 spiro atoms. The molecule has 2 bridgehead atoms. The molecular formula is C26H41NO7. The first-order chi connectivity index (χ1) is 16.3. The van der Waals surface area contributed by atoms with E-state index < -0.39 is 29.9 Å². The predicted molar refractivity (Wildman–Crippen MR) is 122 cm³/mol. The summed E-state index contributed by atoms with van der Waals surface area (Å²) < 4.78 is 18.4. The van der Waals surface area contributed by atoms with Gasteiger partial charge in [-0.1, -0.05) is 33.1 Å². The number of carbonyl (C=O) groups excluding carboxylic acids is 2. The van der Waals surface area contributed by atoms with E-state index in [4.69, 9.17) is 24.0 Å². The second-order valence-electron chi connectivity index (χ2n) is 11.6. The third kappa shape index (κ3) is 4.51. The number of carbonyl (C=O) groups is 2. The third-order valence-corrected chi connectivity index (χ3v) is 9.21. The lowest BCUT2D eigenvalue weighted by Crippen LogP contribution is -2.70. The standard InChI is InChI=1S/C26H41NO7/c1-16-9-10-20-17(2)23(31-24-26(20)19(16)13-14-25(3,32-24)33-34-26)30-22(29)12-11-21(28)27-15-18-7-5-4-6-8-18/h16-20,23-24H,4-15H2,1-3H3,(H,27,28)/t16-,17-,19+,20+,23-,24-,25+,26+/m1/s1. The highest BCUT2D eigenvalue weighted by Gasteiger charge is 2.69. The van der Waals surface area contributed by atoms with Crippen LogP contribution in [0.3, 0.4) is 0 Å².